The summed E-state index contributed by atoms with van der Waals surface area (Å²) in [5, 5.41) is 5.59. The van der Waals surface area contributed by atoms with Gasteiger partial charge in [0, 0.05) is 24.5 Å². The van der Waals surface area contributed by atoms with Crippen LogP contribution in [-0.4, -0.2) is 17.4 Å². The lowest BCUT2D eigenvalue weighted by Gasteiger charge is -2.08. The molecule has 0 aliphatic carbocycles. The molecule has 1 aromatic heterocycles. The lowest BCUT2D eigenvalue weighted by atomic mass is 10.1. The van der Waals surface area contributed by atoms with Gasteiger partial charge < -0.3 is 10.6 Å². The smallest absolute Gasteiger partial charge is 0.252 e. The lowest BCUT2D eigenvalue weighted by Crippen LogP contribution is -2.25. The average molecular weight is 371 g/mol. The van der Waals surface area contributed by atoms with Crippen molar-refractivity contribution in [3.8, 4) is 0 Å². The van der Waals surface area contributed by atoms with Crippen LogP contribution < -0.4 is 10.6 Å². The molecule has 3 rings (SSSR count). The minimum atomic E-state index is -0.961. The van der Waals surface area contributed by atoms with E-state index < -0.39 is 11.6 Å². The second kappa shape index (κ2) is 8.35. The molecule has 0 bridgehead atoms. The monoisotopic (exact) mass is 371 g/mol. The number of carbonyl (C=O) groups excluding carboxylic acids is 1. The highest BCUT2D eigenvalue weighted by Crippen LogP contribution is 2.17. The highest BCUT2D eigenvalue weighted by molar-refractivity contribution is 5.94. The van der Waals surface area contributed by atoms with Crippen molar-refractivity contribution < 1.29 is 18.0 Å². The van der Waals surface area contributed by atoms with E-state index >= 15 is 0 Å². The van der Waals surface area contributed by atoms with Crippen LogP contribution in [0.1, 0.15) is 15.9 Å². The first-order valence-corrected chi connectivity index (χ1v) is 8.22. The maximum Gasteiger partial charge on any atom is 0.252 e. The largest absolute Gasteiger partial charge is 0.352 e. The normalized spacial score (nSPS) is 10.5. The number of nitrogens with one attached hydrogen (secondary N) is 2. The summed E-state index contributed by atoms with van der Waals surface area (Å²) in [6.45, 7) is 0.402. The second-order valence-corrected chi connectivity index (χ2v) is 5.82. The quantitative estimate of drug-likeness (QED) is 0.682. The standard InChI is InChI=1S/C20H16F3N3O/c21-15-4-1-13(2-5-15)9-10-24-20(27)14-3-8-19(25-12-14)26-16-6-7-17(22)18(23)11-16/h1-8,11-12H,9-10H2,(H,24,27)(H,25,26). The molecule has 0 aliphatic heterocycles. The van der Waals surface area contributed by atoms with E-state index in [1.807, 2.05) is 0 Å². The summed E-state index contributed by atoms with van der Waals surface area (Å²) in [7, 11) is 0. The minimum absolute atomic E-state index is 0.288. The van der Waals surface area contributed by atoms with Crippen LogP contribution in [0.25, 0.3) is 0 Å². The molecule has 4 nitrogen and oxygen atoms in total. The summed E-state index contributed by atoms with van der Waals surface area (Å²) in [5.74, 6) is -2.09. The van der Waals surface area contributed by atoms with Crippen LogP contribution in [0.4, 0.5) is 24.7 Å². The molecule has 27 heavy (non-hydrogen) atoms. The van der Waals surface area contributed by atoms with Gasteiger partial charge in [0.2, 0.25) is 0 Å². The minimum Gasteiger partial charge on any atom is -0.352 e. The molecule has 0 atom stereocenters. The van der Waals surface area contributed by atoms with Crippen LogP contribution >= 0.6 is 0 Å². The van der Waals surface area contributed by atoms with Crippen LogP contribution in [0.2, 0.25) is 0 Å². The van der Waals surface area contributed by atoms with E-state index in [9.17, 15) is 18.0 Å². The summed E-state index contributed by atoms with van der Waals surface area (Å²) in [4.78, 5) is 16.2. The predicted molar refractivity (Wildman–Crippen MR) is 96.3 cm³/mol. The van der Waals surface area contributed by atoms with E-state index in [0.29, 0.717) is 30.0 Å². The SMILES string of the molecule is O=C(NCCc1ccc(F)cc1)c1ccc(Nc2ccc(F)c(F)c2)nc1. The molecule has 0 radical (unpaired) electrons. The molecule has 2 aromatic carbocycles. The van der Waals surface area contributed by atoms with Crippen LogP contribution in [0, 0.1) is 17.5 Å². The third-order valence-electron chi connectivity index (χ3n) is 3.83. The first-order chi connectivity index (χ1) is 13.0. The Hall–Kier alpha value is -3.35. The van der Waals surface area contributed by atoms with Gasteiger partial charge in [-0.1, -0.05) is 12.1 Å². The topological polar surface area (TPSA) is 54.0 Å². The lowest BCUT2D eigenvalue weighted by molar-refractivity contribution is 0.0954. The molecular weight excluding hydrogens is 355 g/mol. The van der Waals surface area contributed by atoms with E-state index in [2.05, 4.69) is 15.6 Å². The van der Waals surface area contributed by atoms with Gasteiger partial charge in [-0.2, -0.15) is 0 Å². The van der Waals surface area contributed by atoms with Gasteiger partial charge in [-0.3, -0.25) is 4.79 Å². The molecule has 1 heterocycles. The summed E-state index contributed by atoms with van der Waals surface area (Å²) in [6.07, 6.45) is 1.96. The van der Waals surface area contributed by atoms with Gasteiger partial charge >= 0.3 is 0 Å². The van der Waals surface area contributed by atoms with Crippen molar-refractivity contribution in [2.75, 3.05) is 11.9 Å². The van der Waals surface area contributed by atoms with E-state index in [4.69, 9.17) is 0 Å². The predicted octanol–water partition coefficient (Wildman–Crippen LogP) is 4.22. The van der Waals surface area contributed by atoms with Crippen molar-refractivity contribution in [1.29, 1.82) is 0 Å². The molecule has 0 aliphatic rings. The van der Waals surface area contributed by atoms with Crippen molar-refractivity contribution in [3.63, 3.8) is 0 Å². The molecule has 1 amide bonds. The third kappa shape index (κ3) is 5.07. The fourth-order valence-electron chi connectivity index (χ4n) is 2.40. The van der Waals surface area contributed by atoms with Gasteiger partial charge in [-0.25, -0.2) is 18.2 Å². The number of carbonyl (C=O) groups is 1. The van der Waals surface area contributed by atoms with E-state index in [1.54, 1.807) is 24.3 Å². The number of amides is 1. The molecule has 2 N–H and O–H groups in total. The van der Waals surface area contributed by atoms with Gasteiger partial charge in [0.05, 0.1) is 5.56 Å². The number of hydrogen-bond donors (Lipinski definition) is 2. The van der Waals surface area contributed by atoms with Crippen molar-refractivity contribution in [3.05, 3.63) is 89.4 Å². The Labute approximate surface area is 154 Å². The first kappa shape index (κ1) is 18.4. The molecule has 0 saturated heterocycles. The zero-order valence-corrected chi connectivity index (χ0v) is 14.2. The summed E-state index contributed by atoms with van der Waals surface area (Å²) >= 11 is 0. The number of rotatable bonds is 6. The fraction of sp³-hybridized carbons (Fsp3) is 0.100. The molecular formula is C20H16F3N3O. The number of anilines is 2. The first-order valence-electron chi connectivity index (χ1n) is 8.22. The van der Waals surface area contributed by atoms with Crippen LogP contribution in [0.15, 0.2) is 60.8 Å². The van der Waals surface area contributed by atoms with Gasteiger partial charge in [-0.15, -0.1) is 0 Å². The summed E-state index contributed by atoms with van der Waals surface area (Å²) in [6, 6.07) is 12.6. The average Bonchev–Trinajstić information content (AvgIpc) is 2.67. The zero-order chi connectivity index (χ0) is 19.2. The molecule has 0 fully saturated rings. The van der Waals surface area contributed by atoms with Crippen LogP contribution in [-0.2, 0) is 6.42 Å². The number of hydrogen-bond acceptors (Lipinski definition) is 3. The van der Waals surface area contributed by atoms with E-state index in [0.717, 1.165) is 17.7 Å². The van der Waals surface area contributed by atoms with E-state index in [1.165, 1.54) is 24.4 Å². The fourth-order valence-corrected chi connectivity index (χ4v) is 2.40. The van der Waals surface area contributed by atoms with Gasteiger partial charge in [-0.05, 0) is 48.4 Å². The maximum atomic E-state index is 13.2. The Morgan fingerprint density at radius 3 is 2.37 bits per heavy atom. The second-order valence-electron chi connectivity index (χ2n) is 5.82. The number of nitrogens with zero attached hydrogens (tertiary/aromatic N) is 1. The van der Waals surface area contributed by atoms with Crippen molar-refractivity contribution in [1.82, 2.24) is 10.3 Å². The third-order valence-corrected chi connectivity index (χ3v) is 3.83. The van der Waals surface area contributed by atoms with Gasteiger partial charge in [0.1, 0.15) is 11.6 Å². The molecule has 7 heteroatoms. The summed E-state index contributed by atoms with van der Waals surface area (Å²) in [5.41, 5.74) is 1.63. The van der Waals surface area contributed by atoms with Crippen LogP contribution in [0.5, 0.6) is 0 Å². The Balaban J connectivity index is 1.53. The number of aromatic nitrogens is 1. The van der Waals surface area contributed by atoms with Crippen molar-refractivity contribution in [2.45, 2.75) is 6.42 Å². The Bertz CT molecular complexity index is 928. The van der Waals surface area contributed by atoms with Crippen molar-refractivity contribution >= 4 is 17.4 Å². The Kier molecular flexibility index (Phi) is 5.71. The number of pyridine rings is 1. The Morgan fingerprint density at radius 2 is 1.70 bits per heavy atom. The molecule has 138 valence electrons. The van der Waals surface area contributed by atoms with Crippen LogP contribution in [0.3, 0.4) is 0 Å². The molecule has 3 aromatic rings. The highest BCUT2D eigenvalue weighted by atomic mass is 19.2. The van der Waals surface area contributed by atoms with E-state index in [-0.39, 0.29) is 11.7 Å². The molecule has 0 saturated carbocycles. The molecule has 0 spiro atoms. The van der Waals surface area contributed by atoms with Gasteiger partial charge in [0.15, 0.2) is 11.6 Å². The zero-order valence-electron chi connectivity index (χ0n) is 14.2. The van der Waals surface area contributed by atoms with Gasteiger partial charge in [0.25, 0.3) is 5.91 Å². The Morgan fingerprint density at radius 1 is 0.926 bits per heavy atom. The van der Waals surface area contributed by atoms with Crippen molar-refractivity contribution in [2.24, 2.45) is 0 Å². The number of halogens is 3. The molecule has 0 unspecified atom stereocenters. The summed E-state index contributed by atoms with van der Waals surface area (Å²) < 4.78 is 39.0. The number of benzene rings is 2. The maximum absolute atomic E-state index is 13.2. The highest BCUT2D eigenvalue weighted by Gasteiger charge is 2.07.